The summed E-state index contributed by atoms with van der Waals surface area (Å²) >= 11 is 7.57. The minimum absolute atomic E-state index is 0.529. The largest absolute Gasteiger partial charge is 0.298 e. The van der Waals surface area contributed by atoms with Gasteiger partial charge in [-0.25, -0.2) is 4.98 Å². The molecular formula is C15H14ClN3S. The molecule has 0 radical (unpaired) electrons. The second-order valence-electron chi connectivity index (χ2n) is 4.21. The summed E-state index contributed by atoms with van der Waals surface area (Å²) in [4.78, 5) is 4.24. The van der Waals surface area contributed by atoms with E-state index in [1.54, 1.807) is 25.4 Å². The fourth-order valence-electron chi connectivity index (χ4n) is 1.83. The van der Waals surface area contributed by atoms with Gasteiger partial charge in [-0.3, -0.25) is 5.32 Å². The molecule has 1 N–H and O–H groups in total. The van der Waals surface area contributed by atoms with Gasteiger partial charge in [-0.1, -0.05) is 41.9 Å². The van der Waals surface area contributed by atoms with Crippen LogP contribution in [-0.4, -0.2) is 17.8 Å². The van der Waals surface area contributed by atoms with Crippen LogP contribution in [0, 0.1) is 11.3 Å². The van der Waals surface area contributed by atoms with E-state index in [-0.39, 0.29) is 0 Å². The number of pyridine rings is 1. The highest BCUT2D eigenvalue weighted by molar-refractivity contribution is 7.99. The van der Waals surface area contributed by atoms with Crippen molar-refractivity contribution in [2.45, 2.75) is 10.6 Å². The molecule has 1 aromatic heterocycles. The van der Waals surface area contributed by atoms with E-state index >= 15 is 0 Å². The van der Waals surface area contributed by atoms with Gasteiger partial charge in [-0.2, -0.15) is 5.26 Å². The van der Waals surface area contributed by atoms with Gasteiger partial charge < -0.3 is 0 Å². The number of nitriles is 1. The number of hydrogen-bond acceptors (Lipinski definition) is 4. The molecule has 1 unspecified atom stereocenters. The molecule has 2 rings (SSSR count). The smallest absolute Gasteiger partial charge is 0.141 e. The monoisotopic (exact) mass is 303 g/mol. The zero-order chi connectivity index (χ0) is 14.4. The van der Waals surface area contributed by atoms with E-state index in [2.05, 4.69) is 16.4 Å². The van der Waals surface area contributed by atoms with Crippen LogP contribution in [0.4, 0.5) is 0 Å². The molecular weight excluding hydrogens is 290 g/mol. The Bertz CT molecular complexity index is 612. The number of thioether (sulfide) groups is 1. The molecule has 1 heterocycles. The molecule has 0 aliphatic heterocycles. The van der Waals surface area contributed by atoms with E-state index in [0.717, 1.165) is 10.6 Å². The highest BCUT2D eigenvalue weighted by atomic mass is 35.5. The fraction of sp³-hybridized carbons (Fsp3) is 0.200. The molecule has 0 aliphatic carbocycles. The Kier molecular flexibility index (Phi) is 5.02. The number of aromatic nitrogens is 1. The van der Waals surface area contributed by atoms with Gasteiger partial charge in [0, 0.05) is 11.9 Å². The van der Waals surface area contributed by atoms with Crippen LogP contribution in [0.15, 0.2) is 53.7 Å². The second kappa shape index (κ2) is 6.76. The zero-order valence-electron chi connectivity index (χ0n) is 11.0. The van der Waals surface area contributed by atoms with Crippen LogP contribution < -0.4 is 5.32 Å². The Morgan fingerprint density at radius 1 is 1.30 bits per heavy atom. The van der Waals surface area contributed by atoms with E-state index in [9.17, 15) is 5.26 Å². The quantitative estimate of drug-likeness (QED) is 0.859. The average molecular weight is 304 g/mol. The van der Waals surface area contributed by atoms with Crippen LogP contribution in [-0.2, 0) is 5.54 Å². The van der Waals surface area contributed by atoms with E-state index in [1.807, 2.05) is 30.3 Å². The normalized spacial score (nSPS) is 13.4. The molecule has 1 atom stereocenters. The lowest BCUT2D eigenvalue weighted by atomic mass is 9.94. The Morgan fingerprint density at radius 3 is 2.65 bits per heavy atom. The number of nitrogens with zero attached hydrogens (tertiary/aromatic N) is 2. The summed E-state index contributed by atoms with van der Waals surface area (Å²) in [5, 5.41) is 14.1. The topological polar surface area (TPSA) is 48.7 Å². The minimum Gasteiger partial charge on any atom is -0.298 e. The number of halogens is 1. The predicted molar refractivity (Wildman–Crippen MR) is 82.8 cm³/mol. The zero-order valence-corrected chi connectivity index (χ0v) is 12.6. The van der Waals surface area contributed by atoms with Crippen molar-refractivity contribution >= 4 is 23.4 Å². The first-order valence-corrected chi connectivity index (χ1v) is 7.47. The summed E-state index contributed by atoms with van der Waals surface area (Å²) < 4.78 is 0. The van der Waals surface area contributed by atoms with Crippen LogP contribution >= 0.6 is 23.4 Å². The lowest BCUT2D eigenvalue weighted by Gasteiger charge is -2.26. The summed E-state index contributed by atoms with van der Waals surface area (Å²) in [7, 11) is 1.79. The van der Waals surface area contributed by atoms with Crippen LogP contribution in [0.3, 0.4) is 0 Å². The van der Waals surface area contributed by atoms with Gasteiger partial charge in [0.05, 0.1) is 11.1 Å². The van der Waals surface area contributed by atoms with Crippen molar-refractivity contribution in [2.75, 3.05) is 12.8 Å². The number of rotatable bonds is 5. The third-order valence-corrected chi connectivity index (χ3v) is 4.63. The van der Waals surface area contributed by atoms with Crippen molar-refractivity contribution in [2.24, 2.45) is 0 Å². The van der Waals surface area contributed by atoms with Crippen molar-refractivity contribution in [3.63, 3.8) is 0 Å². The molecule has 0 bridgehead atoms. The molecule has 0 fully saturated rings. The highest BCUT2D eigenvalue weighted by Gasteiger charge is 2.30. The van der Waals surface area contributed by atoms with Crippen molar-refractivity contribution < 1.29 is 0 Å². The molecule has 0 spiro atoms. The summed E-state index contributed by atoms with van der Waals surface area (Å²) in [5.74, 6) is 0.529. The Labute approximate surface area is 128 Å². The number of nitrogens with one attached hydrogen (secondary N) is 1. The Morgan fingerprint density at radius 2 is 2.05 bits per heavy atom. The summed E-state index contributed by atoms with van der Waals surface area (Å²) in [6.07, 6.45) is 1.70. The van der Waals surface area contributed by atoms with Crippen molar-refractivity contribution in [1.82, 2.24) is 10.3 Å². The fourth-order valence-corrected chi connectivity index (χ4v) is 3.18. The van der Waals surface area contributed by atoms with E-state index in [1.165, 1.54) is 11.8 Å². The SMILES string of the molecule is CNC(C#N)(CSc1ncccc1Cl)c1ccccc1. The maximum atomic E-state index is 9.60. The molecule has 2 aromatic rings. The summed E-state index contributed by atoms with van der Waals surface area (Å²) in [6, 6.07) is 15.6. The molecule has 3 nitrogen and oxygen atoms in total. The van der Waals surface area contributed by atoms with Crippen molar-refractivity contribution in [3.8, 4) is 6.07 Å². The van der Waals surface area contributed by atoms with Crippen molar-refractivity contribution in [3.05, 3.63) is 59.2 Å². The minimum atomic E-state index is -0.757. The van der Waals surface area contributed by atoms with E-state index in [0.29, 0.717) is 10.8 Å². The first-order chi connectivity index (χ1) is 9.72. The number of benzene rings is 1. The van der Waals surface area contributed by atoms with Gasteiger partial charge in [-0.15, -0.1) is 11.8 Å². The standard InChI is InChI=1S/C15H14ClN3S/c1-18-15(10-17,12-6-3-2-4-7-12)11-20-14-13(16)8-5-9-19-14/h2-9,18H,11H2,1H3. The first kappa shape index (κ1) is 14.9. The average Bonchev–Trinajstić information content (AvgIpc) is 2.51. The van der Waals surface area contributed by atoms with Crippen LogP contribution in [0.5, 0.6) is 0 Å². The summed E-state index contributed by atoms with van der Waals surface area (Å²) in [5.41, 5.74) is 0.178. The van der Waals surface area contributed by atoms with E-state index < -0.39 is 5.54 Å². The molecule has 0 saturated carbocycles. The summed E-state index contributed by atoms with van der Waals surface area (Å²) in [6.45, 7) is 0. The molecule has 0 aliphatic rings. The van der Waals surface area contributed by atoms with Gasteiger partial charge in [0.15, 0.2) is 0 Å². The Balaban J connectivity index is 2.23. The molecule has 102 valence electrons. The third-order valence-electron chi connectivity index (χ3n) is 3.03. The van der Waals surface area contributed by atoms with Crippen LogP contribution in [0.25, 0.3) is 0 Å². The third kappa shape index (κ3) is 3.13. The van der Waals surface area contributed by atoms with Gasteiger partial charge in [0.25, 0.3) is 0 Å². The Hall–Kier alpha value is -1.54. The lowest BCUT2D eigenvalue weighted by molar-refractivity contribution is 0.528. The molecule has 1 aromatic carbocycles. The molecule has 0 saturated heterocycles. The molecule has 5 heteroatoms. The second-order valence-corrected chi connectivity index (χ2v) is 5.58. The number of hydrogen-bond donors (Lipinski definition) is 1. The van der Waals surface area contributed by atoms with Crippen LogP contribution in [0.1, 0.15) is 5.56 Å². The molecule has 0 amide bonds. The van der Waals surface area contributed by atoms with Gasteiger partial charge in [-0.05, 0) is 24.7 Å². The van der Waals surface area contributed by atoms with Crippen LogP contribution in [0.2, 0.25) is 5.02 Å². The lowest BCUT2D eigenvalue weighted by Crippen LogP contribution is -2.41. The molecule has 20 heavy (non-hydrogen) atoms. The first-order valence-electron chi connectivity index (χ1n) is 6.11. The van der Waals surface area contributed by atoms with Gasteiger partial charge in [0.2, 0.25) is 0 Å². The van der Waals surface area contributed by atoms with Gasteiger partial charge in [0.1, 0.15) is 10.6 Å². The van der Waals surface area contributed by atoms with Crippen molar-refractivity contribution in [1.29, 1.82) is 5.26 Å². The van der Waals surface area contributed by atoms with E-state index in [4.69, 9.17) is 11.6 Å². The maximum absolute atomic E-state index is 9.60. The highest BCUT2D eigenvalue weighted by Crippen LogP contribution is 2.31. The predicted octanol–water partition coefficient (Wildman–Crippen LogP) is 3.47. The maximum Gasteiger partial charge on any atom is 0.141 e. The van der Waals surface area contributed by atoms with Gasteiger partial charge >= 0.3 is 0 Å².